The summed E-state index contributed by atoms with van der Waals surface area (Å²) in [5, 5.41) is 12.2. The van der Waals surface area contributed by atoms with E-state index in [1.54, 1.807) is 62.0 Å². The molecule has 0 bridgehead atoms. The van der Waals surface area contributed by atoms with Crippen molar-refractivity contribution in [1.82, 2.24) is 29.5 Å². The molecule has 54 heavy (non-hydrogen) atoms. The highest BCUT2D eigenvalue weighted by molar-refractivity contribution is 6.04. The zero-order valence-corrected chi connectivity index (χ0v) is 30.5. The largest absolute Gasteiger partial charge is 0.497 e. The minimum atomic E-state index is -0.291. The van der Waals surface area contributed by atoms with Gasteiger partial charge in [-0.3, -0.25) is 14.5 Å². The van der Waals surface area contributed by atoms with Gasteiger partial charge in [0.05, 0.1) is 19.8 Å². The Kier molecular flexibility index (Phi) is 10.1. The van der Waals surface area contributed by atoms with Gasteiger partial charge in [0.25, 0.3) is 5.91 Å². The number of aromatic nitrogens is 4. The Morgan fingerprint density at radius 3 is 2.46 bits per heavy atom. The van der Waals surface area contributed by atoms with Crippen LogP contribution in [-0.4, -0.2) is 93.3 Å². The van der Waals surface area contributed by atoms with E-state index in [9.17, 15) is 9.59 Å². The quantitative estimate of drug-likeness (QED) is 0.121. The van der Waals surface area contributed by atoms with Crippen LogP contribution in [-0.2, 0) is 11.3 Å². The smallest absolute Gasteiger partial charge is 0.256 e. The first kappa shape index (κ1) is 35.1. The molecule has 2 saturated carbocycles. The number of nitrogens with one attached hydrogen (secondary N) is 2. The molecule has 2 N–H and O–H groups in total. The Bertz CT molecular complexity index is 2140. The molecule has 3 aromatic heterocycles. The van der Waals surface area contributed by atoms with Crippen LogP contribution in [0.4, 0.5) is 11.6 Å². The van der Waals surface area contributed by atoms with Crippen LogP contribution in [0.15, 0.2) is 91.3 Å². The summed E-state index contributed by atoms with van der Waals surface area (Å²) in [6.45, 7) is 2.46. The van der Waals surface area contributed by atoms with Crippen molar-refractivity contribution in [3.05, 3.63) is 102 Å². The fraction of sp³-hybridized carbons (Fsp3) is 0.341. The van der Waals surface area contributed by atoms with Crippen LogP contribution in [0.1, 0.15) is 48.0 Å². The summed E-state index contributed by atoms with van der Waals surface area (Å²) in [6, 6.07) is 20.8. The molecule has 4 heterocycles. The zero-order valence-electron chi connectivity index (χ0n) is 30.5. The van der Waals surface area contributed by atoms with Gasteiger partial charge in [0.15, 0.2) is 11.5 Å². The number of likely N-dealkylation sites (tertiary alicyclic amines) is 1. The lowest BCUT2D eigenvalue weighted by atomic mass is 10.2. The molecule has 1 aliphatic heterocycles. The number of methoxy groups -OCH3 is 1. The fourth-order valence-electron chi connectivity index (χ4n) is 6.55. The van der Waals surface area contributed by atoms with Crippen molar-refractivity contribution in [3.8, 4) is 23.0 Å². The van der Waals surface area contributed by atoms with Crippen molar-refractivity contribution >= 4 is 34.5 Å². The van der Waals surface area contributed by atoms with Crippen LogP contribution in [0.2, 0.25) is 0 Å². The van der Waals surface area contributed by atoms with E-state index in [4.69, 9.17) is 24.3 Å². The van der Waals surface area contributed by atoms with Crippen molar-refractivity contribution in [2.24, 2.45) is 0 Å². The monoisotopic (exact) mass is 728 g/mol. The molecular weight excluding hydrogens is 685 g/mol. The van der Waals surface area contributed by atoms with E-state index in [-0.39, 0.29) is 24.0 Å². The van der Waals surface area contributed by atoms with Crippen molar-refractivity contribution in [2.75, 3.05) is 44.4 Å². The second-order valence-corrected chi connectivity index (χ2v) is 14.1. The van der Waals surface area contributed by atoms with Gasteiger partial charge in [0, 0.05) is 67.9 Å². The fourth-order valence-corrected chi connectivity index (χ4v) is 6.55. The van der Waals surface area contributed by atoms with Gasteiger partial charge in [-0.15, -0.1) is 0 Å². The lowest BCUT2D eigenvalue weighted by Crippen LogP contribution is -2.30. The third kappa shape index (κ3) is 8.47. The summed E-state index contributed by atoms with van der Waals surface area (Å²) in [5.74, 6) is 3.35. The third-order valence-electron chi connectivity index (χ3n) is 9.90. The highest BCUT2D eigenvalue weighted by Gasteiger charge is 2.29. The van der Waals surface area contributed by atoms with Crippen molar-refractivity contribution in [1.29, 1.82) is 0 Å². The standard InChI is InChI=1S/C41H44N8O5/c1-47(30-9-10-30)22-3-4-37(50)48-23-19-29(26-48)44-39-38-35(18-21-43-40(38)49(46-39)25-27-5-11-31(52-2)12-6-27)54-33-13-7-28(8-14-33)41(51)45-36-24-34(17-20-42-36)53-32-15-16-32/h3-8,11-14,17-18,20-21,24,29-30,32H,9-10,15-16,19,22-23,25-26H2,1-2H3,(H,44,46)(H,42,45,51). The van der Waals surface area contributed by atoms with E-state index in [1.165, 1.54) is 12.8 Å². The van der Waals surface area contributed by atoms with Crippen molar-refractivity contribution < 1.29 is 23.8 Å². The second-order valence-electron chi connectivity index (χ2n) is 14.1. The van der Waals surface area contributed by atoms with Gasteiger partial charge in [-0.2, -0.15) is 5.10 Å². The van der Waals surface area contributed by atoms with E-state index < -0.39 is 0 Å². The number of nitrogens with zero attached hydrogens (tertiary/aromatic N) is 6. The van der Waals surface area contributed by atoms with Gasteiger partial charge in [0.2, 0.25) is 5.91 Å². The Labute approximate surface area is 313 Å². The lowest BCUT2D eigenvalue weighted by molar-refractivity contribution is -0.125. The lowest BCUT2D eigenvalue weighted by Gasteiger charge is -2.16. The predicted octanol–water partition coefficient (Wildman–Crippen LogP) is 6.13. The summed E-state index contributed by atoms with van der Waals surface area (Å²) >= 11 is 0. The van der Waals surface area contributed by atoms with Gasteiger partial charge in [0.1, 0.15) is 34.2 Å². The van der Waals surface area contributed by atoms with E-state index in [2.05, 4.69) is 27.6 Å². The highest BCUT2D eigenvalue weighted by Crippen LogP contribution is 2.36. The Hall–Kier alpha value is -5.95. The first-order chi connectivity index (χ1) is 26.4. The molecule has 8 rings (SSSR count). The average Bonchev–Trinajstić information content (AvgIpc) is 4.12. The maximum atomic E-state index is 13.1. The Balaban J connectivity index is 0.991. The van der Waals surface area contributed by atoms with Gasteiger partial charge in [-0.05, 0) is 87.2 Å². The van der Waals surface area contributed by atoms with Gasteiger partial charge in [-0.25, -0.2) is 14.6 Å². The molecule has 13 heteroatoms. The Morgan fingerprint density at radius 2 is 1.70 bits per heavy atom. The number of amides is 2. The topological polar surface area (TPSA) is 136 Å². The number of anilines is 2. The van der Waals surface area contributed by atoms with Crippen molar-refractivity contribution in [2.45, 2.75) is 56.8 Å². The molecule has 0 spiro atoms. The summed E-state index contributed by atoms with van der Waals surface area (Å²) < 4.78 is 19.5. The minimum absolute atomic E-state index is 0.00895. The van der Waals surface area contributed by atoms with Crippen LogP contribution < -0.4 is 24.8 Å². The first-order valence-corrected chi connectivity index (χ1v) is 18.5. The number of hydrogen-bond donors (Lipinski definition) is 2. The van der Waals surface area contributed by atoms with Crippen LogP contribution in [0, 0.1) is 0 Å². The molecule has 2 aromatic carbocycles. The number of hydrogen-bond acceptors (Lipinski definition) is 10. The summed E-state index contributed by atoms with van der Waals surface area (Å²) in [4.78, 5) is 39.3. The normalized spacial score (nSPS) is 16.9. The number of benzene rings is 2. The molecule has 5 aromatic rings. The molecule has 13 nitrogen and oxygen atoms in total. The molecule has 3 aliphatic rings. The van der Waals surface area contributed by atoms with Crippen molar-refractivity contribution in [3.63, 3.8) is 0 Å². The number of carbonyl (C=O) groups is 2. The highest BCUT2D eigenvalue weighted by atomic mass is 16.5. The second kappa shape index (κ2) is 15.6. The summed E-state index contributed by atoms with van der Waals surface area (Å²) in [6.07, 6.45) is 12.6. The predicted molar refractivity (Wildman–Crippen MR) is 205 cm³/mol. The number of ether oxygens (including phenoxy) is 3. The number of carbonyl (C=O) groups excluding carboxylic acids is 2. The molecule has 0 radical (unpaired) electrons. The van der Waals surface area contributed by atoms with Crippen LogP contribution in [0.3, 0.4) is 0 Å². The molecule has 2 aliphatic carbocycles. The number of rotatable bonds is 15. The minimum Gasteiger partial charge on any atom is -0.497 e. The molecule has 2 amide bonds. The summed E-state index contributed by atoms with van der Waals surface area (Å²) in [7, 11) is 3.75. The van der Waals surface area contributed by atoms with Gasteiger partial charge in [-0.1, -0.05) is 18.2 Å². The zero-order chi connectivity index (χ0) is 37.0. The number of fused-ring (bicyclic) bond motifs is 1. The Morgan fingerprint density at radius 1 is 0.926 bits per heavy atom. The third-order valence-corrected chi connectivity index (χ3v) is 9.90. The van der Waals surface area contributed by atoms with Crippen LogP contribution >= 0.6 is 0 Å². The summed E-state index contributed by atoms with van der Waals surface area (Å²) in [5.41, 5.74) is 2.14. The van der Waals surface area contributed by atoms with Gasteiger partial charge < -0.3 is 29.7 Å². The molecule has 1 unspecified atom stereocenters. The average molecular weight is 729 g/mol. The molecule has 278 valence electrons. The van der Waals surface area contributed by atoms with E-state index in [1.807, 2.05) is 46.0 Å². The SMILES string of the molecule is COc1ccc(Cn2nc(NC3CCN(C(=O)C=CCN(C)C4CC4)C3)c3c(Oc4ccc(C(=O)Nc5cc(OC6CC6)ccn5)cc4)ccnc32)cc1. The van der Waals surface area contributed by atoms with Crippen LogP contribution in [0.25, 0.3) is 11.0 Å². The van der Waals surface area contributed by atoms with E-state index in [0.29, 0.717) is 65.8 Å². The maximum Gasteiger partial charge on any atom is 0.256 e. The maximum absolute atomic E-state index is 13.1. The van der Waals surface area contributed by atoms with Crippen LogP contribution in [0.5, 0.6) is 23.0 Å². The molecule has 1 atom stereocenters. The van der Waals surface area contributed by atoms with E-state index in [0.717, 1.165) is 42.5 Å². The van der Waals surface area contributed by atoms with E-state index >= 15 is 0 Å². The van der Waals surface area contributed by atoms with Gasteiger partial charge >= 0.3 is 0 Å². The first-order valence-electron chi connectivity index (χ1n) is 18.5. The molecule has 1 saturated heterocycles. The number of likely N-dealkylation sites (N-methyl/N-ethyl adjacent to an activating group) is 1. The molecule has 3 fully saturated rings. The molecular formula is C41H44N8O5. The number of pyridine rings is 2.